The molecule has 0 aliphatic carbocycles. The molecule has 6 nitrogen and oxygen atoms in total. The molecule has 0 fully saturated rings. The van der Waals surface area contributed by atoms with E-state index in [1.54, 1.807) is 0 Å². The first-order valence-electron chi connectivity index (χ1n) is 7.97. The van der Waals surface area contributed by atoms with Gasteiger partial charge in [-0.25, -0.2) is 18.8 Å². The molecule has 0 bridgehead atoms. The molecule has 2 heterocycles. The number of carbonyl (C=O) groups is 1. The third-order valence-corrected chi connectivity index (χ3v) is 4.56. The van der Waals surface area contributed by atoms with Crippen LogP contribution >= 0.6 is 23.2 Å². The van der Waals surface area contributed by atoms with Crippen LogP contribution in [0.3, 0.4) is 0 Å². The number of hydrogen-bond acceptors (Lipinski definition) is 5. The summed E-state index contributed by atoms with van der Waals surface area (Å²) in [7, 11) is 0. The van der Waals surface area contributed by atoms with E-state index in [1.165, 1.54) is 12.3 Å². The number of aliphatic imine (C=N–C) groups is 1. The van der Waals surface area contributed by atoms with Crippen molar-refractivity contribution in [2.75, 3.05) is 5.32 Å². The molecule has 0 radical (unpaired) electrons. The molecule has 2 unspecified atom stereocenters. The summed E-state index contributed by atoms with van der Waals surface area (Å²) in [5.41, 5.74) is 4.06. The lowest BCUT2D eigenvalue weighted by atomic mass is 9.97. The van der Waals surface area contributed by atoms with E-state index in [1.807, 2.05) is 0 Å². The smallest absolute Gasteiger partial charge is 0.380 e. The number of ether oxygens (including phenoxy) is 1. The van der Waals surface area contributed by atoms with Crippen LogP contribution in [0.4, 0.5) is 23.2 Å². The van der Waals surface area contributed by atoms with E-state index >= 15 is 4.39 Å². The normalized spacial score (nSPS) is 23.4. The summed E-state index contributed by atoms with van der Waals surface area (Å²) in [6.07, 6.45) is -4.68. The molecule has 1 aromatic heterocycles. The van der Waals surface area contributed by atoms with Crippen molar-refractivity contribution in [2.24, 2.45) is 10.7 Å². The molecule has 1 amide bonds. The van der Waals surface area contributed by atoms with Gasteiger partial charge in [-0.2, -0.15) is 8.78 Å². The summed E-state index contributed by atoms with van der Waals surface area (Å²) in [4.78, 5) is 19.3. The average molecular weight is 451 g/mol. The van der Waals surface area contributed by atoms with E-state index in [2.05, 4.69) is 20.0 Å². The van der Waals surface area contributed by atoms with Crippen LogP contribution in [-0.4, -0.2) is 28.9 Å². The molecule has 2 aromatic rings. The maximum Gasteiger partial charge on any atom is 0.415 e. The van der Waals surface area contributed by atoms with Crippen LogP contribution in [0.2, 0.25) is 10.0 Å². The lowest BCUT2D eigenvalue weighted by Crippen LogP contribution is -2.52. The van der Waals surface area contributed by atoms with Crippen LogP contribution in [0, 0.1) is 5.82 Å². The second kappa shape index (κ2) is 7.43. The summed E-state index contributed by atoms with van der Waals surface area (Å²) in [6.45, 7) is 0.950. The fraction of sp³-hybridized carbons (Fsp3) is 0.235. The van der Waals surface area contributed by atoms with Crippen molar-refractivity contribution in [3.05, 3.63) is 57.6 Å². The average Bonchev–Trinajstić information content (AvgIpc) is 2.61. The molecule has 1 aliphatic heterocycles. The highest BCUT2D eigenvalue weighted by atomic mass is 35.5. The zero-order valence-corrected chi connectivity index (χ0v) is 16.0. The Morgan fingerprint density at radius 1 is 1.28 bits per heavy atom. The predicted molar refractivity (Wildman–Crippen MR) is 98.5 cm³/mol. The van der Waals surface area contributed by atoms with Crippen LogP contribution in [-0.2, 0) is 10.5 Å². The number of nitrogens with zero attached hydrogens (tertiary/aromatic N) is 2. The summed E-state index contributed by atoms with van der Waals surface area (Å²) in [6, 6.07) is 4.13. The maximum atomic E-state index is 15.4. The van der Waals surface area contributed by atoms with Gasteiger partial charge < -0.3 is 15.8 Å². The number of aromatic nitrogens is 1. The number of benzene rings is 1. The summed E-state index contributed by atoms with van der Waals surface area (Å²) >= 11 is 11.6. The molecule has 0 spiro atoms. The molecule has 0 saturated carbocycles. The summed E-state index contributed by atoms with van der Waals surface area (Å²) in [5, 5.41) is 2.51. The Morgan fingerprint density at radius 3 is 2.62 bits per heavy atom. The number of pyridine rings is 1. The monoisotopic (exact) mass is 450 g/mol. The largest absolute Gasteiger partial charge is 0.415 e. The van der Waals surface area contributed by atoms with Gasteiger partial charge in [0.15, 0.2) is 5.84 Å². The molecule has 3 N–H and O–H groups in total. The van der Waals surface area contributed by atoms with Crippen molar-refractivity contribution >= 4 is 40.6 Å². The zero-order valence-electron chi connectivity index (χ0n) is 14.5. The Hall–Kier alpha value is -2.43. The first-order chi connectivity index (χ1) is 13.4. The Kier molecular flexibility index (Phi) is 5.46. The number of halogens is 6. The molecule has 0 saturated heterocycles. The second-order valence-corrected chi connectivity index (χ2v) is 6.92. The maximum absolute atomic E-state index is 15.4. The number of carbonyl (C=O) groups excluding carboxylic acids is 1. The van der Waals surface area contributed by atoms with E-state index in [0.717, 1.165) is 25.1 Å². The number of alkyl halides is 3. The van der Waals surface area contributed by atoms with Crippen molar-refractivity contribution in [3.63, 3.8) is 0 Å². The van der Waals surface area contributed by atoms with Gasteiger partial charge in [-0.15, -0.1) is 0 Å². The second-order valence-electron chi connectivity index (χ2n) is 6.08. The fourth-order valence-electron chi connectivity index (χ4n) is 2.61. The van der Waals surface area contributed by atoms with Gasteiger partial charge in [0.05, 0.1) is 15.6 Å². The van der Waals surface area contributed by atoms with Crippen LogP contribution in [0.25, 0.3) is 0 Å². The third-order valence-electron chi connectivity index (χ3n) is 4.07. The third kappa shape index (κ3) is 4.00. The van der Waals surface area contributed by atoms with E-state index in [-0.39, 0.29) is 21.4 Å². The minimum atomic E-state index is -3.99. The molecule has 2 atom stereocenters. The SMILES string of the molecule is CC1OC(F)(F)C(N)=NC1(F)c1cc(NC(=O)c2ncc(Cl)cc2Cl)ccc1F. The van der Waals surface area contributed by atoms with Crippen molar-refractivity contribution in [1.82, 2.24) is 4.98 Å². The summed E-state index contributed by atoms with van der Waals surface area (Å²) < 4.78 is 60.9. The number of rotatable bonds is 3. The molecule has 154 valence electrons. The quantitative estimate of drug-likeness (QED) is 0.539. The van der Waals surface area contributed by atoms with Gasteiger partial charge in [0.25, 0.3) is 11.7 Å². The number of amides is 1. The first-order valence-corrected chi connectivity index (χ1v) is 8.72. The zero-order chi connectivity index (χ0) is 21.6. The molecule has 12 heteroatoms. The number of anilines is 1. The highest BCUT2D eigenvalue weighted by Crippen LogP contribution is 2.42. The van der Waals surface area contributed by atoms with Crippen molar-refractivity contribution in [2.45, 2.75) is 24.9 Å². The van der Waals surface area contributed by atoms with E-state index in [9.17, 15) is 18.0 Å². The Bertz CT molecular complexity index is 1020. The van der Waals surface area contributed by atoms with Gasteiger partial charge in [0.1, 0.15) is 17.6 Å². The highest BCUT2D eigenvalue weighted by Gasteiger charge is 2.53. The van der Waals surface area contributed by atoms with Crippen LogP contribution in [0.15, 0.2) is 35.5 Å². The molecule has 3 rings (SSSR count). The number of hydrogen-bond donors (Lipinski definition) is 2. The molecule has 1 aliphatic rings. The standard InChI is InChI=1S/C17H12Cl2F4N4O2/c1-7-16(21,27-15(24)17(22,23)29-7)10-5-9(2-3-12(10)20)26-14(28)13-11(19)4-8(18)6-25-13/h2-7H,1H3,(H2,24,27)(H,26,28). The topological polar surface area (TPSA) is 89.6 Å². The fourth-order valence-corrected chi connectivity index (χ4v) is 3.08. The molecular formula is C17H12Cl2F4N4O2. The van der Waals surface area contributed by atoms with Gasteiger partial charge in [0.2, 0.25) is 0 Å². The molecular weight excluding hydrogens is 439 g/mol. The van der Waals surface area contributed by atoms with Crippen molar-refractivity contribution in [1.29, 1.82) is 0 Å². The Balaban J connectivity index is 1.96. The van der Waals surface area contributed by atoms with Crippen LogP contribution < -0.4 is 11.1 Å². The van der Waals surface area contributed by atoms with Crippen molar-refractivity contribution < 1.29 is 27.1 Å². The van der Waals surface area contributed by atoms with Crippen LogP contribution in [0.5, 0.6) is 0 Å². The van der Waals surface area contributed by atoms with Gasteiger partial charge in [-0.3, -0.25) is 4.79 Å². The summed E-state index contributed by atoms with van der Waals surface area (Å²) in [5.74, 6) is -6.39. The number of nitrogens with one attached hydrogen (secondary N) is 1. The molecule has 1 aromatic carbocycles. The predicted octanol–water partition coefficient (Wildman–Crippen LogP) is 4.27. The first kappa shape index (κ1) is 21.3. The lowest BCUT2D eigenvalue weighted by Gasteiger charge is -2.36. The Labute approximate surface area is 171 Å². The highest BCUT2D eigenvalue weighted by molar-refractivity contribution is 6.36. The molecule has 29 heavy (non-hydrogen) atoms. The lowest BCUT2D eigenvalue weighted by molar-refractivity contribution is -0.248. The van der Waals surface area contributed by atoms with E-state index < -0.39 is 41.1 Å². The minimum Gasteiger partial charge on any atom is -0.380 e. The number of amidine groups is 1. The van der Waals surface area contributed by atoms with Gasteiger partial charge in [-0.1, -0.05) is 23.2 Å². The van der Waals surface area contributed by atoms with Crippen LogP contribution in [0.1, 0.15) is 23.0 Å². The van der Waals surface area contributed by atoms with Gasteiger partial charge in [0, 0.05) is 11.9 Å². The van der Waals surface area contributed by atoms with Gasteiger partial charge in [-0.05, 0) is 31.2 Å². The van der Waals surface area contributed by atoms with Crippen molar-refractivity contribution in [3.8, 4) is 0 Å². The van der Waals surface area contributed by atoms with E-state index in [4.69, 9.17) is 28.9 Å². The minimum absolute atomic E-state index is 0.0480. The van der Waals surface area contributed by atoms with E-state index in [0.29, 0.717) is 0 Å². The number of nitrogens with two attached hydrogens (primary N) is 1. The van der Waals surface area contributed by atoms with Gasteiger partial charge >= 0.3 is 6.11 Å². The Morgan fingerprint density at radius 2 is 1.97 bits per heavy atom.